The summed E-state index contributed by atoms with van der Waals surface area (Å²) in [6, 6.07) is 6.32. The molecule has 0 fully saturated rings. The van der Waals surface area contributed by atoms with Crippen LogP contribution in [0.25, 0.3) is 0 Å². The monoisotopic (exact) mass is 170 g/mol. The van der Waals surface area contributed by atoms with Crippen molar-refractivity contribution in [2.45, 2.75) is 12.8 Å². The van der Waals surface area contributed by atoms with E-state index in [9.17, 15) is 0 Å². The van der Waals surface area contributed by atoms with Gasteiger partial charge in [0.15, 0.2) is 0 Å². The molecule has 0 amide bonds. The van der Waals surface area contributed by atoms with Crippen LogP contribution in [-0.2, 0) is 12.8 Å². The average Bonchev–Trinajstić information content (AvgIpc) is 2.74. The second kappa shape index (κ2) is 2.26. The van der Waals surface area contributed by atoms with Crippen LogP contribution in [0.3, 0.4) is 0 Å². The Balaban J connectivity index is 2.27. The van der Waals surface area contributed by atoms with E-state index in [1.807, 2.05) is 12.1 Å². The highest BCUT2D eigenvalue weighted by Crippen LogP contribution is 2.37. The second-order valence-corrected chi connectivity index (χ2v) is 3.74. The second-order valence-electron chi connectivity index (χ2n) is 3.74. The molecule has 3 rings (SSSR count). The topological polar surface area (TPSA) is 27.0 Å². The molecule has 1 aromatic rings. The molecule has 2 heteroatoms. The summed E-state index contributed by atoms with van der Waals surface area (Å²) in [5.41, 5.74) is 5.02. The van der Waals surface area contributed by atoms with Crippen LogP contribution < -0.4 is 4.90 Å². The fourth-order valence-electron chi connectivity index (χ4n) is 2.46. The molecule has 0 aromatic heterocycles. The first-order valence-electron chi connectivity index (χ1n) is 4.69. The Bertz CT molecular complexity index is 386. The Labute approximate surface area is 77.4 Å². The molecule has 2 aliphatic heterocycles. The Hall–Kier alpha value is -1.49. The van der Waals surface area contributed by atoms with E-state index in [1.165, 1.54) is 16.8 Å². The molecule has 0 atom stereocenters. The summed E-state index contributed by atoms with van der Waals surface area (Å²) in [5, 5.41) is 8.84. The van der Waals surface area contributed by atoms with Gasteiger partial charge in [0, 0.05) is 18.8 Å². The number of hydrogen-bond acceptors (Lipinski definition) is 2. The Morgan fingerprint density at radius 1 is 1.15 bits per heavy atom. The molecule has 13 heavy (non-hydrogen) atoms. The summed E-state index contributed by atoms with van der Waals surface area (Å²) in [4.78, 5) is 2.44. The molecule has 2 nitrogen and oxygen atoms in total. The Morgan fingerprint density at radius 3 is 2.31 bits per heavy atom. The van der Waals surface area contributed by atoms with E-state index in [1.54, 1.807) is 0 Å². The molecule has 0 bridgehead atoms. The van der Waals surface area contributed by atoms with Crippen LogP contribution in [0.4, 0.5) is 5.69 Å². The smallest absolute Gasteiger partial charge is 0.0991 e. The van der Waals surface area contributed by atoms with E-state index >= 15 is 0 Å². The molecule has 0 unspecified atom stereocenters. The number of benzene rings is 1. The molecule has 0 aliphatic carbocycles. The van der Waals surface area contributed by atoms with Crippen LogP contribution in [0.2, 0.25) is 0 Å². The molecule has 0 radical (unpaired) electrons. The summed E-state index contributed by atoms with van der Waals surface area (Å²) in [5.74, 6) is 0. The molecule has 0 N–H and O–H groups in total. The van der Waals surface area contributed by atoms with Gasteiger partial charge < -0.3 is 4.90 Å². The number of hydrogen-bond donors (Lipinski definition) is 0. The van der Waals surface area contributed by atoms with E-state index in [4.69, 9.17) is 5.26 Å². The van der Waals surface area contributed by atoms with E-state index in [2.05, 4.69) is 11.0 Å². The normalized spacial score (nSPS) is 17.3. The van der Waals surface area contributed by atoms with Gasteiger partial charge >= 0.3 is 0 Å². The fourth-order valence-corrected chi connectivity index (χ4v) is 2.46. The van der Waals surface area contributed by atoms with Crippen LogP contribution in [0.15, 0.2) is 12.1 Å². The van der Waals surface area contributed by atoms with Gasteiger partial charge in [-0.15, -0.1) is 0 Å². The predicted octanol–water partition coefficient (Wildman–Crippen LogP) is 1.48. The van der Waals surface area contributed by atoms with Crippen molar-refractivity contribution in [3.05, 3.63) is 28.8 Å². The van der Waals surface area contributed by atoms with Crippen LogP contribution >= 0.6 is 0 Å². The maximum absolute atomic E-state index is 8.84. The molecule has 0 spiro atoms. The van der Waals surface area contributed by atoms with Gasteiger partial charge in [0.2, 0.25) is 0 Å². The molecular formula is C11H10N2. The number of anilines is 1. The molecule has 2 heterocycles. The lowest BCUT2D eigenvalue weighted by molar-refractivity contribution is 0.855. The van der Waals surface area contributed by atoms with Crippen molar-refractivity contribution in [2.75, 3.05) is 18.0 Å². The van der Waals surface area contributed by atoms with Gasteiger partial charge in [-0.25, -0.2) is 0 Å². The zero-order valence-corrected chi connectivity index (χ0v) is 7.38. The summed E-state index contributed by atoms with van der Waals surface area (Å²) in [7, 11) is 0. The third-order valence-electron chi connectivity index (χ3n) is 3.02. The summed E-state index contributed by atoms with van der Waals surface area (Å²) >= 11 is 0. The number of nitriles is 1. The largest absolute Gasteiger partial charge is 0.370 e. The standard InChI is InChI=1S/C11H10N2/c12-7-8-5-9-1-3-13-4-2-10(6-8)11(9)13/h5-6H,1-4H2. The first-order valence-corrected chi connectivity index (χ1v) is 4.69. The first kappa shape index (κ1) is 6.97. The van der Waals surface area contributed by atoms with Gasteiger partial charge in [-0.3, -0.25) is 0 Å². The van der Waals surface area contributed by atoms with Gasteiger partial charge in [-0.05, 0) is 36.1 Å². The van der Waals surface area contributed by atoms with Crippen LogP contribution in [0.5, 0.6) is 0 Å². The highest BCUT2D eigenvalue weighted by molar-refractivity contribution is 5.68. The third kappa shape index (κ3) is 0.818. The zero-order chi connectivity index (χ0) is 8.84. The molecule has 0 saturated carbocycles. The molecule has 64 valence electrons. The number of nitrogens with zero attached hydrogens (tertiary/aromatic N) is 2. The lowest BCUT2D eigenvalue weighted by Gasteiger charge is -2.10. The maximum atomic E-state index is 8.84. The summed E-state index contributed by atoms with van der Waals surface area (Å²) in [6.07, 6.45) is 2.25. The van der Waals surface area contributed by atoms with Crippen molar-refractivity contribution in [3.63, 3.8) is 0 Å². The van der Waals surface area contributed by atoms with E-state index in [0.717, 1.165) is 31.5 Å². The highest BCUT2D eigenvalue weighted by Gasteiger charge is 2.27. The molecule has 0 saturated heterocycles. The SMILES string of the molecule is N#Cc1cc2c3c(c1)CCN3CC2. The van der Waals surface area contributed by atoms with Crippen LogP contribution in [-0.4, -0.2) is 13.1 Å². The fraction of sp³-hybridized carbons (Fsp3) is 0.364. The van der Waals surface area contributed by atoms with Crippen molar-refractivity contribution in [2.24, 2.45) is 0 Å². The molecule has 1 aromatic carbocycles. The van der Waals surface area contributed by atoms with E-state index < -0.39 is 0 Å². The van der Waals surface area contributed by atoms with E-state index in [0.29, 0.717) is 0 Å². The van der Waals surface area contributed by atoms with Crippen LogP contribution in [0.1, 0.15) is 16.7 Å². The zero-order valence-electron chi connectivity index (χ0n) is 7.38. The number of rotatable bonds is 0. The van der Waals surface area contributed by atoms with Gasteiger partial charge in [0.25, 0.3) is 0 Å². The quantitative estimate of drug-likeness (QED) is 0.589. The van der Waals surface area contributed by atoms with Crippen molar-refractivity contribution >= 4 is 5.69 Å². The molecular weight excluding hydrogens is 160 g/mol. The first-order chi connectivity index (χ1) is 6.38. The van der Waals surface area contributed by atoms with Crippen molar-refractivity contribution < 1.29 is 0 Å². The minimum Gasteiger partial charge on any atom is -0.370 e. The summed E-state index contributed by atoms with van der Waals surface area (Å²) < 4.78 is 0. The van der Waals surface area contributed by atoms with Crippen LogP contribution in [0, 0.1) is 11.3 Å². The minimum atomic E-state index is 0.831. The lowest BCUT2D eigenvalue weighted by Crippen LogP contribution is -2.17. The lowest BCUT2D eigenvalue weighted by atomic mass is 10.0. The van der Waals surface area contributed by atoms with Crippen molar-refractivity contribution in [3.8, 4) is 6.07 Å². The van der Waals surface area contributed by atoms with Gasteiger partial charge in [0.1, 0.15) is 0 Å². The van der Waals surface area contributed by atoms with Gasteiger partial charge in [0.05, 0.1) is 11.6 Å². The van der Waals surface area contributed by atoms with Gasteiger partial charge in [-0.1, -0.05) is 0 Å². The third-order valence-corrected chi connectivity index (χ3v) is 3.02. The van der Waals surface area contributed by atoms with E-state index in [-0.39, 0.29) is 0 Å². The average molecular weight is 170 g/mol. The van der Waals surface area contributed by atoms with Crippen molar-refractivity contribution in [1.29, 1.82) is 5.26 Å². The Kier molecular flexibility index (Phi) is 1.21. The van der Waals surface area contributed by atoms with Gasteiger partial charge in [-0.2, -0.15) is 5.26 Å². The Morgan fingerprint density at radius 2 is 1.77 bits per heavy atom. The highest BCUT2D eigenvalue weighted by atomic mass is 15.2. The predicted molar refractivity (Wildman–Crippen MR) is 50.8 cm³/mol. The van der Waals surface area contributed by atoms with Crippen molar-refractivity contribution in [1.82, 2.24) is 0 Å². The molecule has 2 aliphatic rings. The summed E-state index contributed by atoms with van der Waals surface area (Å²) in [6.45, 7) is 2.30. The minimum absolute atomic E-state index is 0.831. The maximum Gasteiger partial charge on any atom is 0.0991 e.